The van der Waals surface area contributed by atoms with Gasteiger partial charge in [0.1, 0.15) is 10.3 Å². The Morgan fingerprint density at radius 2 is 1.93 bits per heavy atom. The summed E-state index contributed by atoms with van der Waals surface area (Å²) >= 11 is 2.86. The molecule has 0 bridgehead atoms. The summed E-state index contributed by atoms with van der Waals surface area (Å²) in [5, 5.41) is 0. The lowest BCUT2D eigenvalue weighted by molar-refractivity contribution is -0.275. The lowest BCUT2D eigenvalue weighted by Gasteiger charge is -2.11. The van der Waals surface area contributed by atoms with E-state index in [0.29, 0.717) is 0 Å². The van der Waals surface area contributed by atoms with Crippen LogP contribution in [-0.2, 0) is 0 Å². The van der Waals surface area contributed by atoms with E-state index >= 15 is 0 Å². The Hall–Kier alpha value is -1.18. The molecule has 0 aromatic carbocycles. The first-order valence-corrected chi connectivity index (χ1v) is 4.06. The van der Waals surface area contributed by atoms with Crippen molar-refractivity contribution in [2.24, 2.45) is 0 Å². The first-order valence-electron chi connectivity index (χ1n) is 3.27. The molecule has 4 nitrogen and oxygen atoms in total. The minimum Gasteiger partial charge on any atom is -0.397 e. The lowest BCUT2D eigenvalue weighted by atomic mass is 10.3. The summed E-state index contributed by atoms with van der Waals surface area (Å²) in [6.45, 7) is 0. The second kappa shape index (κ2) is 3.52. The van der Waals surface area contributed by atoms with Crippen LogP contribution < -0.4 is 16.2 Å². The van der Waals surface area contributed by atoms with E-state index in [9.17, 15) is 13.2 Å². The fraction of sp³-hybridized carbons (Fsp3) is 0.167. The Balaban J connectivity index is 3.09. The molecule has 1 heterocycles. The quantitative estimate of drug-likeness (QED) is 0.766. The van der Waals surface area contributed by atoms with Gasteiger partial charge in [-0.3, -0.25) is 0 Å². The number of halogens is 4. The summed E-state index contributed by atoms with van der Waals surface area (Å²) in [7, 11) is 0. The first kappa shape index (κ1) is 10.9. The molecule has 0 aliphatic carbocycles. The van der Waals surface area contributed by atoms with Gasteiger partial charge in [0.15, 0.2) is 0 Å². The van der Waals surface area contributed by atoms with Crippen LogP contribution in [0.2, 0.25) is 0 Å². The molecule has 0 atom stereocenters. The zero-order valence-electron chi connectivity index (χ0n) is 6.60. The number of ether oxygens (including phenoxy) is 1. The Kier molecular flexibility index (Phi) is 2.74. The van der Waals surface area contributed by atoms with Gasteiger partial charge in [0.25, 0.3) is 0 Å². The highest BCUT2D eigenvalue weighted by Crippen LogP contribution is 2.32. The van der Waals surface area contributed by atoms with Gasteiger partial charge in [-0.1, -0.05) is 0 Å². The van der Waals surface area contributed by atoms with Crippen molar-refractivity contribution in [2.75, 3.05) is 11.5 Å². The van der Waals surface area contributed by atoms with Gasteiger partial charge in [0.05, 0.1) is 5.69 Å². The third-order valence-electron chi connectivity index (χ3n) is 1.24. The molecule has 14 heavy (non-hydrogen) atoms. The predicted octanol–water partition coefficient (Wildman–Crippen LogP) is 1.91. The van der Waals surface area contributed by atoms with E-state index in [1.54, 1.807) is 0 Å². The smallest absolute Gasteiger partial charge is 0.397 e. The molecule has 78 valence electrons. The van der Waals surface area contributed by atoms with Crippen LogP contribution in [0.1, 0.15) is 0 Å². The van der Waals surface area contributed by atoms with E-state index in [2.05, 4.69) is 25.7 Å². The van der Waals surface area contributed by atoms with Crippen molar-refractivity contribution >= 4 is 27.3 Å². The molecule has 0 fully saturated rings. The average Bonchev–Trinajstić information content (AvgIpc) is 1.96. The summed E-state index contributed by atoms with van der Waals surface area (Å²) in [6.07, 6.45) is -4.84. The number of pyridine rings is 1. The van der Waals surface area contributed by atoms with Gasteiger partial charge in [-0.25, -0.2) is 4.98 Å². The van der Waals surface area contributed by atoms with Crippen LogP contribution in [0.5, 0.6) is 5.88 Å². The molecule has 1 aromatic rings. The largest absolute Gasteiger partial charge is 0.574 e. The third-order valence-corrected chi connectivity index (χ3v) is 1.64. The van der Waals surface area contributed by atoms with Gasteiger partial charge in [-0.15, -0.1) is 13.2 Å². The molecule has 0 amide bonds. The van der Waals surface area contributed by atoms with E-state index in [-0.39, 0.29) is 16.0 Å². The molecule has 0 spiro atoms. The molecule has 0 aliphatic rings. The van der Waals surface area contributed by atoms with Crippen molar-refractivity contribution in [2.45, 2.75) is 6.36 Å². The summed E-state index contributed by atoms with van der Waals surface area (Å²) in [5.41, 5.74) is 10.1. The summed E-state index contributed by atoms with van der Waals surface area (Å²) < 4.78 is 39.1. The number of hydrogen-bond acceptors (Lipinski definition) is 4. The number of nitrogens with two attached hydrogens (primary N) is 2. The topological polar surface area (TPSA) is 74.2 Å². The summed E-state index contributed by atoms with van der Waals surface area (Å²) in [5.74, 6) is -0.760. The molecular weight excluding hydrogens is 267 g/mol. The Morgan fingerprint density at radius 1 is 1.36 bits per heavy atom. The minimum atomic E-state index is -4.84. The fourth-order valence-electron chi connectivity index (χ4n) is 0.706. The number of alkyl halides is 3. The van der Waals surface area contributed by atoms with Crippen molar-refractivity contribution in [3.8, 4) is 5.88 Å². The predicted molar refractivity (Wildman–Crippen MR) is 47.4 cm³/mol. The van der Waals surface area contributed by atoms with Gasteiger partial charge < -0.3 is 16.2 Å². The van der Waals surface area contributed by atoms with E-state index in [1.165, 1.54) is 6.07 Å². The zero-order chi connectivity index (χ0) is 10.9. The number of anilines is 2. The van der Waals surface area contributed by atoms with Crippen LogP contribution in [0.25, 0.3) is 0 Å². The average molecular weight is 272 g/mol. The normalized spacial score (nSPS) is 11.4. The summed E-state index contributed by atoms with van der Waals surface area (Å²) in [4.78, 5) is 3.39. The maximum atomic E-state index is 11.8. The maximum absolute atomic E-state index is 11.8. The van der Waals surface area contributed by atoms with Crippen molar-refractivity contribution in [3.05, 3.63) is 10.7 Å². The highest BCUT2D eigenvalue weighted by atomic mass is 79.9. The SMILES string of the molecule is Nc1cc(Br)nc(OC(F)(F)F)c1N. The van der Waals surface area contributed by atoms with Crippen LogP contribution in [0, 0.1) is 0 Å². The molecule has 0 radical (unpaired) electrons. The molecular formula is C6H5BrF3N3O. The molecule has 1 rings (SSSR count). The molecule has 0 saturated carbocycles. The summed E-state index contributed by atoms with van der Waals surface area (Å²) in [6, 6.07) is 1.28. The molecule has 0 unspecified atom stereocenters. The number of nitrogen functional groups attached to an aromatic ring is 2. The lowest BCUT2D eigenvalue weighted by Crippen LogP contribution is -2.19. The zero-order valence-corrected chi connectivity index (χ0v) is 8.19. The number of nitrogens with zero attached hydrogens (tertiary/aromatic N) is 1. The first-order chi connectivity index (χ1) is 6.29. The molecule has 4 N–H and O–H groups in total. The standard InChI is InChI=1S/C6H5BrF3N3O/c7-3-1-2(11)4(12)5(13-3)14-6(8,9)10/h1H,12H2,(H2,11,13). The van der Waals surface area contributed by atoms with Crippen molar-refractivity contribution in [1.29, 1.82) is 0 Å². The Morgan fingerprint density at radius 3 is 2.43 bits per heavy atom. The number of rotatable bonds is 1. The van der Waals surface area contributed by atoms with Crippen LogP contribution in [0.3, 0.4) is 0 Å². The Labute approximate surface area is 85.2 Å². The number of hydrogen-bond donors (Lipinski definition) is 2. The van der Waals surface area contributed by atoms with E-state index < -0.39 is 12.2 Å². The van der Waals surface area contributed by atoms with E-state index in [1.807, 2.05) is 0 Å². The number of aromatic nitrogens is 1. The second-order valence-corrected chi connectivity index (χ2v) is 3.11. The maximum Gasteiger partial charge on any atom is 0.574 e. The van der Waals surface area contributed by atoms with E-state index in [4.69, 9.17) is 11.5 Å². The van der Waals surface area contributed by atoms with Crippen LogP contribution in [0.15, 0.2) is 10.7 Å². The third kappa shape index (κ3) is 2.66. The fourth-order valence-corrected chi connectivity index (χ4v) is 1.11. The van der Waals surface area contributed by atoms with Crippen molar-refractivity contribution < 1.29 is 17.9 Å². The van der Waals surface area contributed by atoms with Crippen LogP contribution in [0.4, 0.5) is 24.5 Å². The Bertz CT molecular complexity index is 355. The van der Waals surface area contributed by atoms with Gasteiger partial charge in [0.2, 0.25) is 5.88 Å². The molecule has 0 aliphatic heterocycles. The van der Waals surface area contributed by atoms with E-state index in [0.717, 1.165) is 0 Å². The van der Waals surface area contributed by atoms with Gasteiger partial charge in [0, 0.05) is 0 Å². The highest BCUT2D eigenvalue weighted by Gasteiger charge is 2.33. The molecule has 1 aromatic heterocycles. The monoisotopic (exact) mass is 271 g/mol. The van der Waals surface area contributed by atoms with Gasteiger partial charge in [-0.2, -0.15) is 0 Å². The molecule has 8 heteroatoms. The van der Waals surface area contributed by atoms with Gasteiger partial charge >= 0.3 is 6.36 Å². The minimum absolute atomic E-state index is 0.0360. The second-order valence-electron chi connectivity index (χ2n) is 2.30. The van der Waals surface area contributed by atoms with Crippen molar-refractivity contribution in [1.82, 2.24) is 4.98 Å². The van der Waals surface area contributed by atoms with Crippen molar-refractivity contribution in [3.63, 3.8) is 0 Å². The van der Waals surface area contributed by atoms with Crippen LogP contribution in [-0.4, -0.2) is 11.3 Å². The van der Waals surface area contributed by atoms with Crippen LogP contribution >= 0.6 is 15.9 Å². The highest BCUT2D eigenvalue weighted by molar-refractivity contribution is 9.10. The van der Waals surface area contributed by atoms with Gasteiger partial charge in [-0.05, 0) is 22.0 Å². The molecule has 0 saturated heterocycles.